The number of aliphatic hydroxyl groups excluding tert-OH is 1. The Kier molecular flexibility index (Phi) is 10.2. The highest BCUT2D eigenvalue weighted by atomic mass is 32.2. The van der Waals surface area contributed by atoms with Crippen molar-refractivity contribution < 1.29 is 28.2 Å². The number of nitrogens with zero attached hydrogens (tertiary/aromatic N) is 3. The maximum atomic E-state index is 12.8. The number of ether oxygens (including phenoxy) is 1. The number of sulfonamides is 1. The molecule has 0 spiro atoms. The molecule has 0 amide bonds. The predicted molar refractivity (Wildman–Crippen MR) is 173 cm³/mol. The Balaban J connectivity index is 1.23. The highest BCUT2D eigenvalue weighted by Crippen LogP contribution is 2.24. The fourth-order valence-electron chi connectivity index (χ4n) is 5.43. The standard InChI is InChI=1S/C33H41N5O6S/c1-33(2,34-23-30(39)24-7-6-8-26(21-24)36-45(42,43)27-9-4-3-5-10-27)14-16-38-29-12-11-25(32(40)41)22-28(29)35-31(38)13-15-37-17-19-44-20-18-37/h3-12,21-22,30,34,36,39H,13-20,23H2,1-2H3,(H,40,41). The second-order valence-electron chi connectivity index (χ2n) is 12.0. The first kappa shape index (κ1) is 32.6. The second kappa shape index (κ2) is 14.1. The highest BCUT2D eigenvalue weighted by molar-refractivity contribution is 7.92. The lowest BCUT2D eigenvalue weighted by molar-refractivity contribution is 0.0381. The number of nitrogens with one attached hydrogen (secondary N) is 2. The minimum absolute atomic E-state index is 0.164. The zero-order chi connectivity index (χ0) is 32.0. The van der Waals surface area contributed by atoms with E-state index in [1.165, 1.54) is 12.1 Å². The number of benzene rings is 3. The molecule has 4 aromatic rings. The molecule has 1 fully saturated rings. The third-order valence-corrected chi connectivity index (χ3v) is 9.54. The largest absolute Gasteiger partial charge is 0.478 e. The summed E-state index contributed by atoms with van der Waals surface area (Å²) >= 11 is 0. The van der Waals surface area contributed by atoms with Gasteiger partial charge in [0.25, 0.3) is 10.0 Å². The minimum atomic E-state index is -3.75. The van der Waals surface area contributed by atoms with Crippen LogP contribution in [0.15, 0.2) is 77.7 Å². The van der Waals surface area contributed by atoms with Crippen LogP contribution in [0.1, 0.15) is 48.1 Å². The predicted octanol–water partition coefficient (Wildman–Crippen LogP) is 3.90. The lowest BCUT2D eigenvalue weighted by Crippen LogP contribution is -2.42. The minimum Gasteiger partial charge on any atom is -0.478 e. The van der Waals surface area contributed by atoms with Crippen molar-refractivity contribution in [3.05, 3.63) is 89.7 Å². The van der Waals surface area contributed by atoms with Crippen molar-refractivity contribution in [2.24, 2.45) is 0 Å². The molecule has 1 aliphatic heterocycles. The first-order chi connectivity index (χ1) is 21.5. The number of carbonyl (C=O) groups is 1. The number of β-amino-alcohol motifs (C(OH)–C–C–N with tert-alkyl or cyclic N) is 1. The molecule has 240 valence electrons. The number of hydrogen-bond donors (Lipinski definition) is 4. The van der Waals surface area contributed by atoms with Crippen LogP contribution in [0.25, 0.3) is 11.0 Å². The number of carboxylic acids is 1. The van der Waals surface area contributed by atoms with Crippen molar-refractivity contribution in [3.63, 3.8) is 0 Å². The van der Waals surface area contributed by atoms with E-state index in [4.69, 9.17) is 9.72 Å². The third-order valence-electron chi connectivity index (χ3n) is 8.14. The van der Waals surface area contributed by atoms with Crippen molar-refractivity contribution in [2.45, 2.75) is 49.8 Å². The van der Waals surface area contributed by atoms with Crippen LogP contribution in [-0.4, -0.2) is 84.0 Å². The molecular formula is C33H41N5O6S. The second-order valence-corrected chi connectivity index (χ2v) is 13.6. The molecule has 0 saturated carbocycles. The number of carboxylic acid groups (broad SMARTS) is 1. The van der Waals surface area contributed by atoms with Crippen LogP contribution in [0.5, 0.6) is 0 Å². The molecule has 4 N–H and O–H groups in total. The van der Waals surface area contributed by atoms with Gasteiger partial charge >= 0.3 is 5.97 Å². The number of rotatable bonds is 14. The molecule has 1 saturated heterocycles. The van der Waals surface area contributed by atoms with Crippen molar-refractivity contribution >= 4 is 32.7 Å². The van der Waals surface area contributed by atoms with Gasteiger partial charge in [0.15, 0.2) is 0 Å². The van der Waals surface area contributed by atoms with E-state index in [-0.39, 0.29) is 22.5 Å². The fraction of sp³-hybridized carbons (Fsp3) is 0.394. The lowest BCUT2D eigenvalue weighted by atomic mass is 9.99. The van der Waals surface area contributed by atoms with Crippen LogP contribution >= 0.6 is 0 Å². The smallest absolute Gasteiger partial charge is 0.335 e. The fourth-order valence-corrected chi connectivity index (χ4v) is 6.50. The van der Waals surface area contributed by atoms with Crippen LogP contribution < -0.4 is 10.0 Å². The Morgan fingerprint density at radius 1 is 1.02 bits per heavy atom. The van der Waals surface area contributed by atoms with Gasteiger partial charge < -0.3 is 24.8 Å². The number of imidazole rings is 1. The summed E-state index contributed by atoms with van der Waals surface area (Å²) in [5, 5.41) is 24.0. The molecule has 1 aromatic heterocycles. The van der Waals surface area contributed by atoms with E-state index in [0.29, 0.717) is 29.7 Å². The Hall–Kier alpha value is -3.81. The van der Waals surface area contributed by atoms with Gasteiger partial charge in [0.05, 0.1) is 40.8 Å². The monoisotopic (exact) mass is 635 g/mol. The summed E-state index contributed by atoms with van der Waals surface area (Å²) in [5.41, 5.74) is 2.36. The molecule has 45 heavy (non-hydrogen) atoms. The van der Waals surface area contributed by atoms with Crippen LogP contribution in [0.2, 0.25) is 0 Å². The maximum Gasteiger partial charge on any atom is 0.335 e. The zero-order valence-corrected chi connectivity index (χ0v) is 26.5. The number of aromatic carboxylic acids is 1. The Morgan fingerprint density at radius 2 is 1.78 bits per heavy atom. The molecule has 11 nitrogen and oxygen atoms in total. The van der Waals surface area contributed by atoms with Gasteiger partial charge in [0, 0.05) is 50.4 Å². The van der Waals surface area contributed by atoms with Crippen LogP contribution in [-0.2, 0) is 27.7 Å². The number of aryl methyl sites for hydroxylation is 1. The molecule has 5 rings (SSSR count). The van der Waals surface area contributed by atoms with Crippen molar-refractivity contribution in [1.82, 2.24) is 19.8 Å². The Bertz CT molecular complexity index is 1720. The first-order valence-electron chi connectivity index (χ1n) is 15.1. The van der Waals surface area contributed by atoms with E-state index in [0.717, 1.165) is 50.6 Å². The summed E-state index contributed by atoms with van der Waals surface area (Å²) in [6, 6.07) is 20.0. The summed E-state index contributed by atoms with van der Waals surface area (Å²) in [5.74, 6) is -0.0750. The van der Waals surface area contributed by atoms with E-state index < -0.39 is 22.1 Å². The van der Waals surface area contributed by atoms with Crippen molar-refractivity contribution in [2.75, 3.05) is 44.1 Å². The van der Waals surface area contributed by atoms with E-state index >= 15 is 0 Å². The van der Waals surface area contributed by atoms with Gasteiger partial charge in [0.2, 0.25) is 0 Å². The van der Waals surface area contributed by atoms with Crippen molar-refractivity contribution in [1.29, 1.82) is 0 Å². The Morgan fingerprint density at radius 3 is 2.51 bits per heavy atom. The molecule has 12 heteroatoms. The molecule has 1 unspecified atom stereocenters. The third kappa shape index (κ3) is 8.47. The highest BCUT2D eigenvalue weighted by Gasteiger charge is 2.23. The topological polar surface area (TPSA) is 146 Å². The number of aliphatic hydroxyl groups is 1. The number of fused-ring (bicyclic) bond motifs is 1. The summed E-state index contributed by atoms with van der Waals surface area (Å²) in [4.78, 5) is 18.9. The summed E-state index contributed by atoms with van der Waals surface area (Å²) in [7, 11) is -3.75. The number of anilines is 1. The lowest BCUT2D eigenvalue weighted by Gasteiger charge is -2.29. The van der Waals surface area contributed by atoms with E-state index in [1.807, 2.05) is 6.07 Å². The zero-order valence-electron chi connectivity index (χ0n) is 25.6. The summed E-state index contributed by atoms with van der Waals surface area (Å²) in [6.45, 7) is 9.09. The van der Waals surface area contributed by atoms with Gasteiger partial charge in [-0.3, -0.25) is 9.62 Å². The van der Waals surface area contributed by atoms with E-state index in [9.17, 15) is 23.4 Å². The molecule has 1 aliphatic rings. The normalized spacial score (nSPS) is 15.3. The number of aromatic nitrogens is 2. The van der Waals surface area contributed by atoms with Crippen LogP contribution in [0.3, 0.4) is 0 Å². The van der Waals surface area contributed by atoms with Gasteiger partial charge in [-0.2, -0.15) is 0 Å². The average molecular weight is 636 g/mol. The van der Waals surface area contributed by atoms with Crippen LogP contribution in [0, 0.1) is 0 Å². The van der Waals surface area contributed by atoms with E-state index in [2.05, 4.69) is 33.4 Å². The van der Waals surface area contributed by atoms with Gasteiger partial charge in [-0.05, 0) is 68.3 Å². The number of morpholine rings is 1. The van der Waals surface area contributed by atoms with Gasteiger partial charge in [-0.1, -0.05) is 30.3 Å². The molecule has 1 atom stereocenters. The molecule has 3 aromatic carbocycles. The summed E-state index contributed by atoms with van der Waals surface area (Å²) < 4.78 is 35.7. The maximum absolute atomic E-state index is 12.8. The molecular weight excluding hydrogens is 594 g/mol. The Labute approximate surface area is 263 Å². The quantitative estimate of drug-likeness (QED) is 0.162. The van der Waals surface area contributed by atoms with Crippen LogP contribution in [0.4, 0.5) is 5.69 Å². The average Bonchev–Trinajstić information content (AvgIpc) is 3.39. The molecule has 0 bridgehead atoms. The summed E-state index contributed by atoms with van der Waals surface area (Å²) in [6.07, 6.45) is 0.583. The van der Waals surface area contributed by atoms with Gasteiger partial charge in [0.1, 0.15) is 5.82 Å². The van der Waals surface area contributed by atoms with Crippen molar-refractivity contribution in [3.8, 4) is 0 Å². The molecule has 0 radical (unpaired) electrons. The number of hydrogen-bond acceptors (Lipinski definition) is 8. The molecule has 2 heterocycles. The van der Waals surface area contributed by atoms with Gasteiger partial charge in [-0.25, -0.2) is 18.2 Å². The van der Waals surface area contributed by atoms with E-state index in [1.54, 1.807) is 54.6 Å². The first-order valence-corrected chi connectivity index (χ1v) is 16.6. The van der Waals surface area contributed by atoms with Gasteiger partial charge in [-0.15, -0.1) is 0 Å². The SMILES string of the molecule is CC(C)(CCn1c(CCN2CCOCC2)nc2cc(C(=O)O)ccc21)NCC(O)c1cccc(NS(=O)(=O)c2ccccc2)c1. The molecule has 0 aliphatic carbocycles.